The maximum atomic E-state index is 11.2. The molecule has 1 rings (SSSR count). The van der Waals surface area contributed by atoms with E-state index in [0.29, 0.717) is 19.5 Å². The number of carbonyl (C=O) groups is 2. The number of hydrogen-bond acceptors (Lipinski definition) is 3. The second kappa shape index (κ2) is 4.23. The van der Waals surface area contributed by atoms with Crippen LogP contribution >= 0.6 is 0 Å². The van der Waals surface area contributed by atoms with Crippen LogP contribution in [0.3, 0.4) is 0 Å². The number of amides is 1. The van der Waals surface area contributed by atoms with Crippen LogP contribution in [0.1, 0.15) is 13.3 Å². The molecule has 0 aromatic rings. The Labute approximate surface area is 76.7 Å². The molecule has 0 aliphatic carbocycles. The van der Waals surface area contributed by atoms with Gasteiger partial charge in [0, 0.05) is 26.1 Å². The molecule has 2 N–H and O–H groups in total. The fourth-order valence-electron chi connectivity index (χ4n) is 1.37. The normalized spacial score (nSPS) is 22.8. The van der Waals surface area contributed by atoms with E-state index in [9.17, 15) is 9.59 Å². The molecule has 1 atom stereocenters. The average Bonchev–Trinajstić information content (AvgIpc) is 2.17. The van der Waals surface area contributed by atoms with Crippen LogP contribution in [0.4, 0.5) is 0 Å². The van der Waals surface area contributed by atoms with Gasteiger partial charge in [0.15, 0.2) is 0 Å². The van der Waals surface area contributed by atoms with Gasteiger partial charge in [0.05, 0.1) is 0 Å². The predicted octanol–water partition coefficient (Wildman–Crippen LogP) is -0.719. The Balaban J connectivity index is 2.51. The molecular weight excluding hydrogens is 172 g/mol. The van der Waals surface area contributed by atoms with E-state index in [1.165, 1.54) is 0 Å². The van der Waals surface area contributed by atoms with Crippen LogP contribution in [0.25, 0.3) is 0 Å². The minimum absolute atomic E-state index is 0.0211. The van der Waals surface area contributed by atoms with Gasteiger partial charge in [0.25, 0.3) is 0 Å². The third-order valence-corrected chi connectivity index (χ3v) is 2.13. The SMILES string of the molecule is CCC(=O)N1CCNC(C(=O)O)C1. The molecule has 0 aromatic carbocycles. The summed E-state index contributed by atoms with van der Waals surface area (Å²) in [6.07, 6.45) is 0.437. The van der Waals surface area contributed by atoms with Crippen molar-refractivity contribution in [3.05, 3.63) is 0 Å². The lowest BCUT2D eigenvalue weighted by Crippen LogP contribution is -2.55. The van der Waals surface area contributed by atoms with Gasteiger partial charge >= 0.3 is 5.97 Å². The summed E-state index contributed by atoms with van der Waals surface area (Å²) in [4.78, 5) is 23.4. The number of piperazine rings is 1. The molecule has 0 aromatic heterocycles. The van der Waals surface area contributed by atoms with Crippen LogP contribution in [-0.2, 0) is 9.59 Å². The molecule has 0 saturated carbocycles. The smallest absolute Gasteiger partial charge is 0.322 e. The van der Waals surface area contributed by atoms with Crippen molar-refractivity contribution in [1.29, 1.82) is 0 Å². The highest BCUT2D eigenvalue weighted by atomic mass is 16.4. The Kier molecular flexibility index (Phi) is 3.25. The molecule has 1 saturated heterocycles. The Morgan fingerprint density at radius 2 is 2.31 bits per heavy atom. The van der Waals surface area contributed by atoms with Gasteiger partial charge in [-0.25, -0.2) is 0 Å². The number of nitrogens with one attached hydrogen (secondary N) is 1. The molecule has 1 aliphatic rings. The van der Waals surface area contributed by atoms with E-state index in [-0.39, 0.29) is 12.5 Å². The second-order valence-corrected chi connectivity index (χ2v) is 3.04. The zero-order valence-corrected chi connectivity index (χ0v) is 7.62. The lowest BCUT2D eigenvalue weighted by molar-refractivity contribution is -0.142. The minimum Gasteiger partial charge on any atom is -0.480 e. The molecular formula is C8H14N2O3. The molecule has 5 heteroatoms. The zero-order chi connectivity index (χ0) is 9.84. The summed E-state index contributed by atoms with van der Waals surface area (Å²) in [5.74, 6) is -0.874. The highest BCUT2D eigenvalue weighted by Crippen LogP contribution is 2.01. The van der Waals surface area contributed by atoms with E-state index in [1.54, 1.807) is 11.8 Å². The number of hydrogen-bond donors (Lipinski definition) is 2. The van der Waals surface area contributed by atoms with Crippen molar-refractivity contribution in [2.45, 2.75) is 19.4 Å². The van der Waals surface area contributed by atoms with Gasteiger partial charge in [0.1, 0.15) is 6.04 Å². The average molecular weight is 186 g/mol. The summed E-state index contributed by atoms with van der Waals surface area (Å²) >= 11 is 0. The maximum absolute atomic E-state index is 11.2. The van der Waals surface area contributed by atoms with Crippen molar-refractivity contribution in [3.8, 4) is 0 Å². The van der Waals surface area contributed by atoms with Crippen LogP contribution in [0.15, 0.2) is 0 Å². The quantitative estimate of drug-likeness (QED) is 0.597. The Hall–Kier alpha value is -1.10. The third-order valence-electron chi connectivity index (χ3n) is 2.13. The van der Waals surface area contributed by atoms with E-state index in [2.05, 4.69) is 5.32 Å². The van der Waals surface area contributed by atoms with E-state index in [1.807, 2.05) is 0 Å². The first-order valence-corrected chi connectivity index (χ1v) is 4.39. The maximum Gasteiger partial charge on any atom is 0.322 e. The number of aliphatic carboxylic acids is 1. The van der Waals surface area contributed by atoms with Gasteiger partial charge in [-0.15, -0.1) is 0 Å². The van der Waals surface area contributed by atoms with E-state index in [4.69, 9.17) is 5.11 Å². The molecule has 0 radical (unpaired) electrons. The standard InChI is InChI=1S/C8H14N2O3/c1-2-7(11)10-4-3-9-6(5-10)8(12)13/h6,9H,2-5H2,1H3,(H,12,13). The van der Waals surface area contributed by atoms with Crippen molar-refractivity contribution in [1.82, 2.24) is 10.2 Å². The van der Waals surface area contributed by atoms with E-state index >= 15 is 0 Å². The first kappa shape index (κ1) is 9.98. The van der Waals surface area contributed by atoms with Crippen LogP contribution in [0.5, 0.6) is 0 Å². The van der Waals surface area contributed by atoms with Crippen molar-refractivity contribution in [2.75, 3.05) is 19.6 Å². The van der Waals surface area contributed by atoms with Crippen LogP contribution in [0.2, 0.25) is 0 Å². The highest BCUT2D eigenvalue weighted by Gasteiger charge is 2.26. The summed E-state index contributed by atoms with van der Waals surface area (Å²) in [5.41, 5.74) is 0. The topological polar surface area (TPSA) is 69.6 Å². The first-order chi connectivity index (χ1) is 6.15. The Bertz CT molecular complexity index is 217. The van der Waals surface area contributed by atoms with Gasteiger partial charge in [0.2, 0.25) is 5.91 Å². The zero-order valence-electron chi connectivity index (χ0n) is 7.62. The van der Waals surface area contributed by atoms with Gasteiger partial charge in [-0.1, -0.05) is 6.92 Å². The highest BCUT2D eigenvalue weighted by molar-refractivity contribution is 5.79. The van der Waals surface area contributed by atoms with Crippen molar-refractivity contribution < 1.29 is 14.7 Å². The van der Waals surface area contributed by atoms with Gasteiger partial charge in [-0.2, -0.15) is 0 Å². The van der Waals surface area contributed by atoms with Crippen molar-refractivity contribution in [2.24, 2.45) is 0 Å². The molecule has 5 nitrogen and oxygen atoms in total. The molecule has 1 aliphatic heterocycles. The van der Waals surface area contributed by atoms with Gasteiger partial charge in [-0.3, -0.25) is 9.59 Å². The molecule has 74 valence electrons. The largest absolute Gasteiger partial charge is 0.480 e. The van der Waals surface area contributed by atoms with Crippen LogP contribution in [0, 0.1) is 0 Å². The molecule has 13 heavy (non-hydrogen) atoms. The van der Waals surface area contributed by atoms with Crippen molar-refractivity contribution >= 4 is 11.9 Å². The molecule has 0 spiro atoms. The molecule has 1 heterocycles. The monoisotopic (exact) mass is 186 g/mol. The number of nitrogens with zero attached hydrogens (tertiary/aromatic N) is 1. The lowest BCUT2D eigenvalue weighted by atomic mass is 10.2. The summed E-state index contributed by atoms with van der Waals surface area (Å²) in [7, 11) is 0. The molecule has 0 bridgehead atoms. The number of carboxylic acid groups (broad SMARTS) is 1. The number of rotatable bonds is 2. The Morgan fingerprint density at radius 1 is 1.62 bits per heavy atom. The van der Waals surface area contributed by atoms with Crippen molar-refractivity contribution in [3.63, 3.8) is 0 Å². The Morgan fingerprint density at radius 3 is 2.85 bits per heavy atom. The molecule has 1 fully saturated rings. The first-order valence-electron chi connectivity index (χ1n) is 4.39. The summed E-state index contributed by atoms with van der Waals surface area (Å²) < 4.78 is 0. The van der Waals surface area contributed by atoms with Gasteiger partial charge < -0.3 is 15.3 Å². The summed E-state index contributed by atoms with van der Waals surface area (Å²) in [6, 6.07) is -0.607. The fourth-order valence-corrected chi connectivity index (χ4v) is 1.37. The third kappa shape index (κ3) is 2.42. The van der Waals surface area contributed by atoms with Gasteiger partial charge in [-0.05, 0) is 0 Å². The van der Waals surface area contributed by atoms with Crippen LogP contribution < -0.4 is 5.32 Å². The number of carboxylic acids is 1. The predicted molar refractivity (Wildman–Crippen MR) is 46.3 cm³/mol. The van der Waals surface area contributed by atoms with Crippen LogP contribution in [-0.4, -0.2) is 47.6 Å². The second-order valence-electron chi connectivity index (χ2n) is 3.04. The van der Waals surface area contributed by atoms with E-state index < -0.39 is 12.0 Å². The summed E-state index contributed by atoms with van der Waals surface area (Å²) in [5, 5.41) is 11.5. The molecule has 1 amide bonds. The summed E-state index contributed by atoms with van der Waals surface area (Å²) in [6.45, 7) is 3.22. The minimum atomic E-state index is -0.895. The molecule has 1 unspecified atom stereocenters. The lowest BCUT2D eigenvalue weighted by Gasteiger charge is -2.31. The number of carbonyl (C=O) groups excluding carboxylic acids is 1. The van der Waals surface area contributed by atoms with E-state index in [0.717, 1.165) is 0 Å². The fraction of sp³-hybridized carbons (Fsp3) is 0.750.